The lowest BCUT2D eigenvalue weighted by molar-refractivity contribution is -0.130. The minimum Gasteiger partial charge on any atom is -0.352 e. The summed E-state index contributed by atoms with van der Waals surface area (Å²) in [7, 11) is 0. The molecule has 0 unspecified atom stereocenters. The summed E-state index contributed by atoms with van der Waals surface area (Å²) in [6, 6.07) is 5.62. The SMILES string of the molecule is O=C(NCCCN1CCCCCC1=O)c1cccc(F)c1. The first-order valence-electron chi connectivity index (χ1n) is 7.48. The molecule has 2 rings (SSSR count). The van der Waals surface area contributed by atoms with Crippen LogP contribution in [0.3, 0.4) is 0 Å². The molecule has 2 amide bonds. The van der Waals surface area contributed by atoms with Crippen molar-refractivity contribution in [2.75, 3.05) is 19.6 Å². The van der Waals surface area contributed by atoms with Crippen molar-refractivity contribution < 1.29 is 14.0 Å². The van der Waals surface area contributed by atoms with E-state index < -0.39 is 5.82 Å². The Labute approximate surface area is 124 Å². The fourth-order valence-electron chi connectivity index (χ4n) is 2.48. The second-order valence-electron chi connectivity index (χ2n) is 5.31. The third kappa shape index (κ3) is 4.85. The molecule has 0 radical (unpaired) electrons. The Balaban J connectivity index is 1.71. The molecule has 1 aromatic rings. The predicted octanol–water partition coefficient (Wildman–Crippen LogP) is 2.35. The van der Waals surface area contributed by atoms with E-state index in [1.54, 1.807) is 6.07 Å². The smallest absolute Gasteiger partial charge is 0.251 e. The number of carbonyl (C=O) groups is 2. The minimum absolute atomic E-state index is 0.212. The first kappa shape index (κ1) is 15.5. The summed E-state index contributed by atoms with van der Waals surface area (Å²) in [6.45, 7) is 1.97. The summed E-state index contributed by atoms with van der Waals surface area (Å²) in [5.41, 5.74) is 0.320. The number of amides is 2. The fourth-order valence-corrected chi connectivity index (χ4v) is 2.48. The van der Waals surface area contributed by atoms with E-state index in [2.05, 4.69) is 5.32 Å². The number of carbonyl (C=O) groups excluding carboxylic acids is 2. The molecule has 1 aliphatic rings. The van der Waals surface area contributed by atoms with Gasteiger partial charge in [-0.15, -0.1) is 0 Å². The van der Waals surface area contributed by atoms with Crippen molar-refractivity contribution in [2.45, 2.75) is 32.1 Å². The molecule has 0 bridgehead atoms. The third-order valence-electron chi connectivity index (χ3n) is 3.65. The summed E-state index contributed by atoms with van der Waals surface area (Å²) in [5, 5.41) is 2.75. The van der Waals surface area contributed by atoms with Crippen molar-refractivity contribution in [3.8, 4) is 0 Å². The molecular formula is C16H21FN2O2. The number of hydrogen-bond donors (Lipinski definition) is 1. The molecule has 1 aromatic carbocycles. The highest BCUT2D eigenvalue weighted by atomic mass is 19.1. The first-order chi connectivity index (χ1) is 10.2. The number of halogens is 1. The van der Waals surface area contributed by atoms with Crippen LogP contribution in [-0.4, -0.2) is 36.3 Å². The lowest BCUT2D eigenvalue weighted by Gasteiger charge is -2.20. The molecule has 1 aliphatic heterocycles. The summed E-state index contributed by atoms with van der Waals surface area (Å²) in [6.07, 6.45) is 4.49. The molecule has 1 saturated heterocycles. The van der Waals surface area contributed by atoms with E-state index in [0.717, 1.165) is 25.8 Å². The largest absolute Gasteiger partial charge is 0.352 e. The topological polar surface area (TPSA) is 49.4 Å². The van der Waals surface area contributed by atoms with Gasteiger partial charge in [-0.3, -0.25) is 9.59 Å². The standard InChI is InChI=1S/C16H21FN2O2/c17-14-7-4-6-13(12-14)16(21)18-9-5-11-19-10-3-1-2-8-15(19)20/h4,6-7,12H,1-3,5,8-11H2,(H,18,21). The molecule has 114 valence electrons. The van der Waals surface area contributed by atoms with Crippen LogP contribution in [0.1, 0.15) is 42.5 Å². The van der Waals surface area contributed by atoms with Gasteiger partial charge >= 0.3 is 0 Å². The van der Waals surface area contributed by atoms with Crippen LogP contribution in [0.15, 0.2) is 24.3 Å². The highest BCUT2D eigenvalue weighted by Gasteiger charge is 2.15. The van der Waals surface area contributed by atoms with Crippen LogP contribution in [0.5, 0.6) is 0 Å². The number of likely N-dealkylation sites (tertiary alicyclic amines) is 1. The van der Waals surface area contributed by atoms with Crippen molar-refractivity contribution in [3.05, 3.63) is 35.6 Å². The normalized spacial score (nSPS) is 15.7. The molecule has 1 fully saturated rings. The van der Waals surface area contributed by atoms with Gasteiger partial charge in [-0.1, -0.05) is 12.5 Å². The maximum absolute atomic E-state index is 13.0. The van der Waals surface area contributed by atoms with Crippen LogP contribution in [-0.2, 0) is 4.79 Å². The monoisotopic (exact) mass is 292 g/mol. The predicted molar refractivity (Wildman–Crippen MR) is 78.4 cm³/mol. The van der Waals surface area contributed by atoms with Crippen molar-refractivity contribution in [2.24, 2.45) is 0 Å². The first-order valence-corrected chi connectivity index (χ1v) is 7.48. The van der Waals surface area contributed by atoms with E-state index in [1.165, 1.54) is 18.2 Å². The van der Waals surface area contributed by atoms with Gasteiger partial charge in [0.15, 0.2) is 0 Å². The molecule has 4 nitrogen and oxygen atoms in total. The maximum Gasteiger partial charge on any atom is 0.251 e. The average molecular weight is 292 g/mol. The molecule has 0 aliphatic carbocycles. The van der Waals surface area contributed by atoms with Gasteiger partial charge in [0.05, 0.1) is 0 Å². The minimum atomic E-state index is -0.419. The van der Waals surface area contributed by atoms with Crippen LogP contribution in [0, 0.1) is 5.82 Å². The highest BCUT2D eigenvalue weighted by Crippen LogP contribution is 2.11. The molecule has 1 N–H and O–H groups in total. The molecular weight excluding hydrogens is 271 g/mol. The van der Waals surface area contributed by atoms with Gasteiger partial charge in [-0.2, -0.15) is 0 Å². The molecule has 1 heterocycles. The van der Waals surface area contributed by atoms with E-state index in [4.69, 9.17) is 0 Å². The Morgan fingerprint density at radius 3 is 2.95 bits per heavy atom. The van der Waals surface area contributed by atoms with Gasteiger partial charge in [0, 0.05) is 31.6 Å². The van der Waals surface area contributed by atoms with E-state index >= 15 is 0 Å². The van der Waals surface area contributed by atoms with Gasteiger partial charge in [-0.05, 0) is 37.5 Å². The van der Waals surface area contributed by atoms with Gasteiger partial charge in [0.1, 0.15) is 5.82 Å². The maximum atomic E-state index is 13.0. The van der Waals surface area contributed by atoms with Crippen molar-refractivity contribution >= 4 is 11.8 Å². The quantitative estimate of drug-likeness (QED) is 0.847. The van der Waals surface area contributed by atoms with Crippen LogP contribution >= 0.6 is 0 Å². The Morgan fingerprint density at radius 1 is 1.29 bits per heavy atom. The second kappa shape index (κ2) is 7.76. The molecule has 0 atom stereocenters. The number of hydrogen-bond acceptors (Lipinski definition) is 2. The zero-order valence-electron chi connectivity index (χ0n) is 12.1. The molecule has 0 aromatic heterocycles. The second-order valence-corrected chi connectivity index (χ2v) is 5.31. The number of nitrogens with one attached hydrogen (secondary N) is 1. The molecule has 0 saturated carbocycles. The molecule has 5 heteroatoms. The number of benzene rings is 1. The molecule has 0 spiro atoms. The van der Waals surface area contributed by atoms with E-state index in [-0.39, 0.29) is 11.8 Å². The fraction of sp³-hybridized carbons (Fsp3) is 0.500. The zero-order chi connectivity index (χ0) is 15.1. The van der Waals surface area contributed by atoms with Crippen molar-refractivity contribution in [3.63, 3.8) is 0 Å². The number of rotatable bonds is 5. The van der Waals surface area contributed by atoms with Crippen molar-refractivity contribution in [1.82, 2.24) is 10.2 Å². The van der Waals surface area contributed by atoms with E-state index in [1.807, 2.05) is 4.90 Å². The third-order valence-corrected chi connectivity index (χ3v) is 3.65. The van der Waals surface area contributed by atoms with Gasteiger partial charge in [0.25, 0.3) is 5.91 Å². The Bertz CT molecular complexity index is 505. The summed E-state index contributed by atoms with van der Waals surface area (Å²) in [4.78, 5) is 25.5. The van der Waals surface area contributed by atoms with Gasteiger partial charge < -0.3 is 10.2 Å². The summed E-state index contributed by atoms with van der Waals surface area (Å²) >= 11 is 0. The average Bonchev–Trinajstić information content (AvgIpc) is 2.68. The van der Waals surface area contributed by atoms with Crippen molar-refractivity contribution in [1.29, 1.82) is 0 Å². The lowest BCUT2D eigenvalue weighted by atomic mass is 10.2. The Kier molecular flexibility index (Phi) is 5.72. The lowest BCUT2D eigenvalue weighted by Crippen LogP contribution is -2.34. The highest BCUT2D eigenvalue weighted by molar-refractivity contribution is 5.94. The Hall–Kier alpha value is -1.91. The zero-order valence-corrected chi connectivity index (χ0v) is 12.1. The number of nitrogens with zero attached hydrogens (tertiary/aromatic N) is 1. The van der Waals surface area contributed by atoms with Crippen LogP contribution in [0.2, 0.25) is 0 Å². The summed E-state index contributed by atoms with van der Waals surface area (Å²) < 4.78 is 13.0. The molecule has 21 heavy (non-hydrogen) atoms. The Morgan fingerprint density at radius 2 is 2.14 bits per heavy atom. The van der Waals surface area contributed by atoms with Crippen LogP contribution in [0.4, 0.5) is 4.39 Å². The van der Waals surface area contributed by atoms with E-state index in [9.17, 15) is 14.0 Å². The van der Waals surface area contributed by atoms with Crippen LogP contribution < -0.4 is 5.32 Å². The van der Waals surface area contributed by atoms with Gasteiger partial charge in [0.2, 0.25) is 5.91 Å². The van der Waals surface area contributed by atoms with Gasteiger partial charge in [-0.25, -0.2) is 4.39 Å². The van der Waals surface area contributed by atoms with Crippen LogP contribution in [0.25, 0.3) is 0 Å². The van der Waals surface area contributed by atoms with E-state index in [0.29, 0.717) is 31.5 Å². The summed E-state index contributed by atoms with van der Waals surface area (Å²) in [5.74, 6) is -0.488.